The van der Waals surface area contributed by atoms with Gasteiger partial charge in [-0.15, -0.1) is 0 Å². The van der Waals surface area contributed by atoms with Gasteiger partial charge in [-0.3, -0.25) is 4.79 Å². The molecule has 1 rings (SSSR count). The molecule has 0 radical (unpaired) electrons. The van der Waals surface area contributed by atoms with E-state index in [2.05, 4.69) is 4.74 Å². The molecule has 0 aliphatic heterocycles. The van der Waals surface area contributed by atoms with Crippen LogP contribution in [0.4, 0.5) is 0 Å². The Morgan fingerprint density at radius 1 is 1.25 bits per heavy atom. The van der Waals surface area contributed by atoms with Crippen LogP contribution in [-0.2, 0) is 29.4 Å². The van der Waals surface area contributed by atoms with E-state index in [9.17, 15) is 21.6 Å². The van der Waals surface area contributed by atoms with Crippen LogP contribution < -0.4 is 0 Å². The molecule has 0 aromatic carbocycles. The van der Waals surface area contributed by atoms with E-state index in [4.69, 9.17) is 0 Å². The molecule has 1 aliphatic rings. The fraction of sp³-hybridized carbons (Fsp3) is 0.909. The SMILES string of the molecule is COC(=O)C1CCCC1S(=O)(=O)N(C)CCS(C)(=O)=O. The van der Waals surface area contributed by atoms with Crippen molar-refractivity contribution in [3.63, 3.8) is 0 Å². The molecule has 0 aromatic heterocycles. The fourth-order valence-electron chi connectivity index (χ4n) is 2.36. The van der Waals surface area contributed by atoms with Crippen molar-refractivity contribution in [2.75, 3.05) is 32.7 Å². The summed E-state index contributed by atoms with van der Waals surface area (Å²) in [7, 11) is -4.36. The van der Waals surface area contributed by atoms with Gasteiger partial charge in [-0.2, -0.15) is 0 Å². The maximum Gasteiger partial charge on any atom is 0.310 e. The first-order chi connectivity index (χ1) is 9.09. The van der Waals surface area contributed by atoms with E-state index in [-0.39, 0.29) is 12.3 Å². The van der Waals surface area contributed by atoms with E-state index >= 15 is 0 Å². The second-order valence-electron chi connectivity index (χ2n) is 5.10. The quantitative estimate of drug-likeness (QED) is 0.618. The molecular weight excluding hydrogens is 306 g/mol. The number of nitrogens with zero attached hydrogens (tertiary/aromatic N) is 1. The average molecular weight is 327 g/mol. The van der Waals surface area contributed by atoms with Crippen LogP contribution in [0.3, 0.4) is 0 Å². The molecule has 7 nitrogen and oxygen atoms in total. The zero-order chi connectivity index (χ0) is 15.6. The molecule has 0 bridgehead atoms. The van der Waals surface area contributed by atoms with Gasteiger partial charge in [0, 0.05) is 19.8 Å². The molecule has 118 valence electrons. The summed E-state index contributed by atoms with van der Waals surface area (Å²) in [6.45, 7) is -0.106. The van der Waals surface area contributed by atoms with E-state index in [1.807, 2.05) is 0 Å². The van der Waals surface area contributed by atoms with Gasteiger partial charge in [-0.1, -0.05) is 6.42 Å². The van der Waals surface area contributed by atoms with Crippen LogP contribution in [0.5, 0.6) is 0 Å². The molecule has 1 saturated carbocycles. The minimum absolute atomic E-state index is 0.106. The van der Waals surface area contributed by atoms with Gasteiger partial charge in [0.15, 0.2) is 0 Å². The summed E-state index contributed by atoms with van der Waals surface area (Å²) in [4.78, 5) is 11.6. The number of ether oxygens (including phenoxy) is 1. The van der Waals surface area contributed by atoms with Crippen LogP contribution >= 0.6 is 0 Å². The number of sulfonamides is 1. The Hall–Kier alpha value is -0.670. The second-order valence-corrected chi connectivity index (χ2v) is 9.61. The molecule has 0 amide bonds. The molecule has 0 N–H and O–H groups in total. The zero-order valence-electron chi connectivity index (χ0n) is 11.9. The van der Waals surface area contributed by atoms with Crippen LogP contribution in [0.25, 0.3) is 0 Å². The number of hydrogen-bond donors (Lipinski definition) is 0. The van der Waals surface area contributed by atoms with Crippen LogP contribution in [0.1, 0.15) is 19.3 Å². The predicted octanol–water partition coefficient (Wildman–Crippen LogP) is -0.366. The normalized spacial score (nSPS) is 24.0. The second kappa shape index (κ2) is 6.40. The van der Waals surface area contributed by atoms with Gasteiger partial charge in [0.2, 0.25) is 10.0 Å². The lowest BCUT2D eigenvalue weighted by molar-refractivity contribution is -0.145. The highest BCUT2D eigenvalue weighted by Crippen LogP contribution is 2.33. The Kier molecular flexibility index (Phi) is 5.56. The summed E-state index contributed by atoms with van der Waals surface area (Å²) in [5, 5.41) is -0.820. The van der Waals surface area contributed by atoms with E-state index in [0.29, 0.717) is 19.3 Å². The third-order valence-corrected chi connectivity index (χ3v) is 6.86. The van der Waals surface area contributed by atoms with Gasteiger partial charge in [0.05, 0.1) is 24.0 Å². The van der Waals surface area contributed by atoms with Crippen LogP contribution in [0.2, 0.25) is 0 Å². The van der Waals surface area contributed by atoms with E-state index in [0.717, 1.165) is 10.6 Å². The summed E-state index contributed by atoms with van der Waals surface area (Å²) in [5.41, 5.74) is 0. The highest BCUT2D eigenvalue weighted by molar-refractivity contribution is 7.91. The van der Waals surface area contributed by atoms with Crippen molar-refractivity contribution < 1.29 is 26.4 Å². The Morgan fingerprint density at radius 2 is 1.85 bits per heavy atom. The molecule has 2 atom stereocenters. The molecular formula is C11H21NO6S2. The number of methoxy groups -OCH3 is 1. The molecule has 0 saturated heterocycles. The number of rotatable bonds is 6. The van der Waals surface area contributed by atoms with Crippen molar-refractivity contribution in [3.8, 4) is 0 Å². The summed E-state index contributed by atoms with van der Waals surface area (Å²) in [6, 6.07) is 0. The predicted molar refractivity (Wildman–Crippen MR) is 74.4 cm³/mol. The van der Waals surface area contributed by atoms with Crippen molar-refractivity contribution in [1.29, 1.82) is 0 Å². The molecule has 1 fully saturated rings. The lowest BCUT2D eigenvalue weighted by Crippen LogP contribution is -2.42. The Bertz CT molecular complexity index is 553. The first kappa shape index (κ1) is 17.4. The molecule has 1 aliphatic carbocycles. The van der Waals surface area contributed by atoms with E-state index in [1.54, 1.807) is 0 Å². The van der Waals surface area contributed by atoms with Gasteiger partial charge in [-0.05, 0) is 12.8 Å². The molecule has 20 heavy (non-hydrogen) atoms. The minimum atomic E-state index is -3.70. The summed E-state index contributed by atoms with van der Waals surface area (Å²) < 4.78 is 52.7. The van der Waals surface area contributed by atoms with Crippen molar-refractivity contribution >= 4 is 25.8 Å². The maximum absolute atomic E-state index is 12.4. The van der Waals surface area contributed by atoms with Gasteiger partial charge in [0.1, 0.15) is 9.84 Å². The molecule has 2 unspecified atom stereocenters. The smallest absolute Gasteiger partial charge is 0.310 e. The lowest BCUT2D eigenvalue weighted by Gasteiger charge is -2.24. The number of carbonyl (C=O) groups excluding carboxylic acids is 1. The van der Waals surface area contributed by atoms with Crippen LogP contribution in [0, 0.1) is 5.92 Å². The van der Waals surface area contributed by atoms with Gasteiger partial charge in [0.25, 0.3) is 0 Å². The third-order valence-electron chi connectivity index (χ3n) is 3.55. The summed E-state index contributed by atoms with van der Waals surface area (Å²) in [6.07, 6.45) is 2.58. The van der Waals surface area contributed by atoms with Crippen molar-refractivity contribution in [1.82, 2.24) is 4.31 Å². The van der Waals surface area contributed by atoms with Crippen molar-refractivity contribution in [3.05, 3.63) is 0 Å². The zero-order valence-corrected chi connectivity index (χ0v) is 13.5. The molecule has 0 aromatic rings. The van der Waals surface area contributed by atoms with Gasteiger partial charge >= 0.3 is 5.97 Å². The highest BCUT2D eigenvalue weighted by Gasteiger charge is 2.43. The van der Waals surface area contributed by atoms with Crippen molar-refractivity contribution in [2.24, 2.45) is 5.92 Å². The number of hydrogen-bond acceptors (Lipinski definition) is 6. The third kappa shape index (κ3) is 4.16. The topological polar surface area (TPSA) is 97.8 Å². The maximum atomic E-state index is 12.4. The first-order valence-electron chi connectivity index (χ1n) is 6.30. The number of carbonyl (C=O) groups is 1. The average Bonchev–Trinajstić information content (AvgIpc) is 2.83. The first-order valence-corrected chi connectivity index (χ1v) is 9.86. The van der Waals surface area contributed by atoms with Crippen LogP contribution in [0.15, 0.2) is 0 Å². The Labute approximate surface area is 120 Å². The van der Waals surface area contributed by atoms with E-state index in [1.165, 1.54) is 14.2 Å². The van der Waals surface area contributed by atoms with Crippen molar-refractivity contribution in [2.45, 2.75) is 24.5 Å². The molecule has 0 spiro atoms. The summed E-state index contributed by atoms with van der Waals surface area (Å²) in [5.74, 6) is -1.42. The van der Waals surface area contributed by atoms with Gasteiger partial charge < -0.3 is 4.74 Å². The van der Waals surface area contributed by atoms with Crippen LogP contribution in [-0.4, -0.2) is 65.1 Å². The monoisotopic (exact) mass is 327 g/mol. The summed E-state index contributed by atoms with van der Waals surface area (Å²) >= 11 is 0. The van der Waals surface area contributed by atoms with E-state index < -0.39 is 37.0 Å². The number of sulfone groups is 1. The number of esters is 1. The minimum Gasteiger partial charge on any atom is -0.469 e. The molecule has 0 heterocycles. The highest BCUT2D eigenvalue weighted by atomic mass is 32.2. The molecule has 9 heteroatoms. The van der Waals surface area contributed by atoms with Gasteiger partial charge in [-0.25, -0.2) is 21.1 Å². The standard InChI is InChI=1S/C11H21NO6S2/c1-12(7-8-19(3,14)15)20(16,17)10-6-4-5-9(10)11(13)18-2/h9-10H,4-8H2,1-3H3. The fourth-order valence-corrected chi connectivity index (χ4v) is 5.01. The Morgan fingerprint density at radius 3 is 2.35 bits per heavy atom. The Balaban J connectivity index is 2.84. The lowest BCUT2D eigenvalue weighted by atomic mass is 10.1. The largest absolute Gasteiger partial charge is 0.469 e.